The van der Waals surface area contributed by atoms with Crippen molar-refractivity contribution >= 4 is 16.8 Å². The molecular weight excluding hydrogens is 214 g/mol. The van der Waals surface area contributed by atoms with Crippen molar-refractivity contribution in [3.63, 3.8) is 0 Å². The lowest BCUT2D eigenvalue weighted by molar-refractivity contribution is 0.462. The SMILES string of the molecule is CCC(C)(CCN)Nc1nccc2occc12. The third kappa shape index (κ3) is 2.42. The second-order valence-corrected chi connectivity index (χ2v) is 4.57. The van der Waals surface area contributed by atoms with E-state index in [0.717, 1.165) is 29.6 Å². The molecule has 0 aliphatic rings. The Balaban J connectivity index is 2.31. The van der Waals surface area contributed by atoms with E-state index in [1.165, 1.54) is 0 Å². The molecule has 0 bridgehead atoms. The highest BCUT2D eigenvalue weighted by Crippen LogP contribution is 2.26. The zero-order valence-corrected chi connectivity index (χ0v) is 10.4. The Labute approximate surface area is 101 Å². The summed E-state index contributed by atoms with van der Waals surface area (Å²) < 4.78 is 5.36. The number of fused-ring (bicyclic) bond motifs is 1. The van der Waals surface area contributed by atoms with Crippen molar-refractivity contribution in [1.29, 1.82) is 0 Å². The van der Waals surface area contributed by atoms with Gasteiger partial charge in [-0.1, -0.05) is 6.92 Å². The maximum absolute atomic E-state index is 5.66. The van der Waals surface area contributed by atoms with Crippen LogP contribution in [0, 0.1) is 0 Å². The standard InChI is InChI=1S/C13H19N3O/c1-3-13(2,6-7-14)16-12-10-5-9-17-11(10)4-8-15-12/h4-5,8-9H,3,6-7,14H2,1-2H3,(H,15,16). The molecule has 0 aliphatic carbocycles. The fourth-order valence-electron chi connectivity index (χ4n) is 1.93. The van der Waals surface area contributed by atoms with Crippen molar-refractivity contribution in [1.82, 2.24) is 4.98 Å². The Kier molecular flexibility index (Phi) is 3.33. The Bertz CT molecular complexity index is 494. The molecule has 2 aromatic rings. The summed E-state index contributed by atoms with van der Waals surface area (Å²) in [5.74, 6) is 0.869. The number of nitrogens with one attached hydrogen (secondary N) is 1. The van der Waals surface area contributed by atoms with Crippen LogP contribution in [0.15, 0.2) is 29.0 Å². The van der Waals surface area contributed by atoms with Gasteiger partial charge in [-0.2, -0.15) is 0 Å². The summed E-state index contributed by atoms with van der Waals surface area (Å²) in [7, 11) is 0. The van der Waals surface area contributed by atoms with Gasteiger partial charge in [0.05, 0.1) is 11.6 Å². The summed E-state index contributed by atoms with van der Waals surface area (Å²) in [5, 5.41) is 4.50. The van der Waals surface area contributed by atoms with Crippen LogP contribution in [0.1, 0.15) is 26.7 Å². The quantitative estimate of drug-likeness (QED) is 0.833. The first-order valence-corrected chi connectivity index (χ1v) is 5.99. The largest absolute Gasteiger partial charge is 0.464 e. The van der Waals surface area contributed by atoms with Gasteiger partial charge in [0, 0.05) is 11.7 Å². The molecular formula is C13H19N3O. The Morgan fingerprint density at radius 2 is 2.29 bits per heavy atom. The Morgan fingerprint density at radius 1 is 1.47 bits per heavy atom. The molecule has 2 aromatic heterocycles. The topological polar surface area (TPSA) is 64.1 Å². The van der Waals surface area contributed by atoms with E-state index in [1.807, 2.05) is 12.1 Å². The number of furan rings is 1. The van der Waals surface area contributed by atoms with E-state index < -0.39 is 0 Å². The van der Waals surface area contributed by atoms with Gasteiger partial charge in [-0.25, -0.2) is 4.98 Å². The highest BCUT2D eigenvalue weighted by atomic mass is 16.3. The summed E-state index contributed by atoms with van der Waals surface area (Å²) in [5.41, 5.74) is 6.49. The lowest BCUT2D eigenvalue weighted by Crippen LogP contribution is -2.36. The van der Waals surface area contributed by atoms with Gasteiger partial charge in [0.25, 0.3) is 0 Å². The number of nitrogens with two attached hydrogens (primary N) is 1. The van der Waals surface area contributed by atoms with Crippen LogP contribution in [0.5, 0.6) is 0 Å². The maximum Gasteiger partial charge on any atom is 0.139 e. The molecule has 0 saturated carbocycles. The minimum absolute atomic E-state index is 0.0205. The fourth-order valence-corrected chi connectivity index (χ4v) is 1.93. The van der Waals surface area contributed by atoms with Crippen LogP contribution in [0.4, 0.5) is 5.82 Å². The number of nitrogens with zero attached hydrogens (tertiary/aromatic N) is 1. The van der Waals surface area contributed by atoms with Crippen LogP contribution in [0.25, 0.3) is 11.0 Å². The van der Waals surface area contributed by atoms with Gasteiger partial charge in [-0.15, -0.1) is 0 Å². The number of hydrogen-bond donors (Lipinski definition) is 2. The summed E-state index contributed by atoms with van der Waals surface area (Å²) in [4.78, 5) is 4.38. The molecule has 92 valence electrons. The van der Waals surface area contributed by atoms with Crippen LogP contribution < -0.4 is 11.1 Å². The Hall–Kier alpha value is -1.55. The minimum Gasteiger partial charge on any atom is -0.464 e. The number of aromatic nitrogens is 1. The van der Waals surface area contributed by atoms with Gasteiger partial charge in [0.1, 0.15) is 11.4 Å². The molecule has 2 heterocycles. The van der Waals surface area contributed by atoms with Gasteiger partial charge in [0.2, 0.25) is 0 Å². The van der Waals surface area contributed by atoms with Crippen molar-refractivity contribution in [2.75, 3.05) is 11.9 Å². The summed E-state index contributed by atoms with van der Waals surface area (Å²) in [6.45, 7) is 4.98. The van der Waals surface area contributed by atoms with Crippen LogP contribution in [0.3, 0.4) is 0 Å². The van der Waals surface area contributed by atoms with Crippen molar-refractivity contribution in [2.24, 2.45) is 5.73 Å². The van der Waals surface area contributed by atoms with Gasteiger partial charge in [0.15, 0.2) is 0 Å². The van der Waals surface area contributed by atoms with E-state index in [0.29, 0.717) is 6.54 Å². The predicted molar refractivity (Wildman–Crippen MR) is 70.0 cm³/mol. The zero-order valence-electron chi connectivity index (χ0n) is 10.4. The molecule has 0 fully saturated rings. The van der Waals surface area contributed by atoms with E-state index in [4.69, 9.17) is 10.2 Å². The van der Waals surface area contributed by atoms with E-state index in [-0.39, 0.29) is 5.54 Å². The molecule has 0 aromatic carbocycles. The average molecular weight is 233 g/mol. The average Bonchev–Trinajstić information content (AvgIpc) is 2.78. The molecule has 0 radical (unpaired) electrons. The minimum atomic E-state index is -0.0205. The van der Waals surface area contributed by atoms with Gasteiger partial charge in [-0.3, -0.25) is 0 Å². The molecule has 4 heteroatoms. The first-order valence-electron chi connectivity index (χ1n) is 5.99. The Morgan fingerprint density at radius 3 is 3.00 bits per heavy atom. The van der Waals surface area contributed by atoms with Gasteiger partial charge < -0.3 is 15.5 Å². The van der Waals surface area contributed by atoms with Gasteiger partial charge >= 0.3 is 0 Å². The molecule has 17 heavy (non-hydrogen) atoms. The van der Waals surface area contributed by atoms with E-state index in [2.05, 4.69) is 24.1 Å². The molecule has 0 aliphatic heterocycles. The first-order chi connectivity index (χ1) is 8.18. The van der Waals surface area contributed by atoms with Crippen LogP contribution in [0.2, 0.25) is 0 Å². The zero-order chi connectivity index (χ0) is 12.3. The monoisotopic (exact) mass is 233 g/mol. The summed E-state index contributed by atoms with van der Waals surface area (Å²) in [6.07, 6.45) is 5.36. The van der Waals surface area contributed by atoms with E-state index in [9.17, 15) is 0 Å². The molecule has 4 nitrogen and oxygen atoms in total. The molecule has 1 unspecified atom stereocenters. The number of anilines is 1. The van der Waals surface area contributed by atoms with Crippen LogP contribution in [-0.4, -0.2) is 17.1 Å². The van der Waals surface area contributed by atoms with Gasteiger partial charge in [-0.05, 0) is 38.4 Å². The van der Waals surface area contributed by atoms with Crippen molar-refractivity contribution in [3.05, 3.63) is 24.6 Å². The lowest BCUT2D eigenvalue weighted by atomic mass is 9.94. The third-order valence-corrected chi connectivity index (χ3v) is 3.28. The number of pyridine rings is 1. The summed E-state index contributed by atoms with van der Waals surface area (Å²) >= 11 is 0. The highest BCUT2D eigenvalue weighted by Gasteiger charge is 2.22. The van der Waals surface area contributed by atoms with E-state index >= 15 is 0 Å². The molecule has 3 N–H and O–H groups in total. The first kappa shape index (κ1) is 11.9. The van der Waals surface area contributed by atoms with Crippen LogP contribution in [-0.2, 0) is 0 Å². The fraction of sp³-hybridized carbons (Fsp3) is 0.462. The molecule has 0 spiro atoms. The molecule has 2 rings (SSSR count). The summed E-state index contributed by atoms with van der Waals surface area (Å²) in [6, 6.07) is 3.80. The molecule has 0 amide bonds. The third-order valence-electron chi connectivity index (χ3n) is 3.28. The highest BCUT2D eigenvalue weighted by molar-refractivity contribution is 5.88. The van der Waals surface area contributed by atoms with Crippen molar-refractivity contribution in [3.8, 4) is 0 Å². The van der Waals surface area contributed by atoms with Crippen molar-refractivity contribution < 1.29 is 4.42 Å². The van der Waals surface area contributed by atoms with Crippen LogP contribution >= 0.6 is 0 Å². The number of hydrogen-bond acceptors (Lipinski definition) is 4. The van der Waals surface area contributed by atoms with E-state index in [1.54, 1.807) is 12.5 Å². The van der Waals surface area contributed by atoms with Crippen molar-refractivity contribution in [2.45, 2.75) is 32.2 Å². The smallest absolute Gasteiger partial charge is 0.139 e. The number of rotatable bonds is 5. The normalized spacial score (nSPS) is 14.8. The molecule has 0 saturated heterocycles. The maximum atomic E-state index is 5.66. The lowest BCUT2D eigenvalue weighted by Gasteiger charge is -2.30. The molecule has 1 atom stereocenters. The predicted octanol–water partition coefficient (Wildman–Crippen LogP) is 2.76. The second kappa shape index (κ2) is 4.75. The second-order valence-electron chi connectivity index (χ2n) is 4.57.